The molecule has 176 valence electrons. The van der Waals surface area contributed by atoms with Crippen LogP contribution in [0, 0.1) is 10.8 Å². The fraction of sp³-hybridized carbons (Fsp3) is 0.0800. The average molecular weight is 498 g/mol. The Morgan fingerprint density at radius 1 is 0.912 bits per heavy atom. The van der Waals surface area contributed by atoms with E-state index in [-0.39, 0.29) is 42.5 Å². The first kappa shape index (κ1) is 26.4. The van der Waals surface area contributed by atoms with Crippen LogP contribution in [0.1, 0.15) is 32.6 Å². The summed E-state index contributed by atoms with van der Waals surface area (Å²) < 4.78 is 4.96. The topological polar surface area (TPSA) is 142 Å². The zero-order valence-electron chi connectivity index (χ0n) is 18.3. The van der Waals surface area contributed by atoms with Gasteiger partial charge in [0.1, 0.15) is 11.7 Å². The third-order valence-electron chi connectivity index (χ3n) is 5.49. The Bertz CT molecular complexity index is 1360. The Labute approximate surface area is 209 Å². The summed E-state index contributed by atoms with van der Waals surface area (Å²) in [5, 5.41) is 16.4. The average Bonchev–Trinajstić information content (AvgIpc) is 3.16. The van der Waals surface area contributed by atoms with Gasteiger partial charge in [-0.1, -0.05) is 54.6 Å². The van der Waals surface area contributed by atoms with Crippen molar-refractivity contribution < 1.29 is 9.53 Å². The monoisotopic (exact) mass is 497 g/mol. The number of carbonyl (C=O) groups excluding carboxylic acids is 1. The summed E-state index contributed by atoms with van der Waals surface area (Å²) in [6.45, 7) is 0. The molecule has 1 aromatic heterocycles. The maximum Gasteiger partial charge on any atom is 0.338 e. The molecule has 0 fully saturated rings. The molecule has 0 saturated heterocycles. The quantitative estimate of drug-likeness (QED) is 0.150. The third-order valence-corrected chi connectivity index (χ3v) is 5.49. The number of methoxy groups -OCH3 is 1. The van der Waals surface area contributed by atoms with Gasteiger partial charge in [-0.2, -0.15) is 0 Å². The lowest BCUT2D eigenvalue weighted by Crippen LogP contribution is -2.10. The normalized spacial score (nSPS) is 10.1. The predicted octanol–water partition coefficient (Wildman–Crippen LogP) is 4.62. The van der Waals surface area contributed by atoms with Crippen LogP contribution in [-0.4, -0.2) is 29.7 Å². The maximum absolute atomic E-state index is 12.3. The number of rotatable bonds is 6. The Morgan fingerprint density at radius 3 is 2.15 bits per heavy atom. The van der Waals surface area contributed by atoms with Gasteiger partial charge in [-0.15, -0.1) is 24.8 Å². The van der Waals surface area contributed by atoms with Gasteiger partial charge in [0, 0.05) is 28.5 Å². The van der Waals surface area contributed by atoms with Crippen molar-refractivity contribution in [2.75, 3.05) is 7.11 Å². The van der Waals surface area contributed by atoms with Crippen LogP contribution >= 0.6 is 24.8 Å². The van der Waals surface area contributed by atoms with Crippen molar-refractivity contribution in [3.8, 4) is 11.3 Å². The fourth-order valence-electron chi connectivity index (χ4n) is 3.84. The number of aromatic nitrogens is 1. The number of fused-ring (bicyclic) bond motifs is 1. The van der Waals surface area contributed by atoms with E-state index in [1.807, 2.05) is 48.5 Å². The van der Waals surface area contributed by atoms with Gasteiger partial charge in [0.2, 0.25) is 0 Å². The minimum Gasteiger partial charge on any atom is -0.465 e. The minimum absolute atomic E-state index is 0. The van der Waals surface area contributed by atoms with Gasteiger partial charge in [-0.3, -0.25) is 10.8 Å². The summed E-state index contributed by atoms with van der Waals surface area (Å²) in [6.07, 6.45) is 0.495. The molecule has 7 N–H and O–H groups in total. The number of H-pyrrole nitrogens is 1. The molecule has 1 heterocycles. The Morgan fingerprint density at radius 2 is 1.53 bits per heavy atom. The molecule has 0 atom stereocenters. The van der Waals surface area contributed by atoms with E-state index in [1.165, 1.54) is 7.11 Å². The van der Waals surface area contributed by atoms with E-state index in [2.05, 4.69) is 4.98 Å². The van der Waals surface area contributed by atoms with Crippen LogP contribution in [0.25, 0.3) is 22.2 Å². The van der Waals surface area contributed by atoms with Crippen molar-refractivity contribution in [2.45, 2.75) is 6.42 Å². The summed E-state index contributed by atoms with van der Waals surface area (Å²) in [5.41, 5.74) is 17.6. The summed E-state index contributed by atoms with van der Waals surface area (Å²) in [5.74, 6) is -0.385. The van der Waals surface area contributed by atoms with E-state index < -0.39 is 0 Å². The first-order valence-electron chi connectivity index (χ1n) is 9.99. The second kappa shape index (κ2) is 10.9. The highest BCUT2D eigenvalue weighted by molar-refractivity contribution is 6.01. The van der Waals surface area contributed by atoms with Gasteiger partial charge in [0.15, 0.2) is 0 Å². The number of carbonyl (C=O) groups is 1. The molecule has 0 spiro atoms. The zero-order chi connectivity index (χ0) is 22.8. The van der Waals surface area contributed by atoms with Crippen molar-refractivity contribution in [3.05, 3.63) is 94.5 Å². The van der Waals surface area contributed by atoms with Crippen LogP contribution in [0.2, 0.25) is 0 Å². The van der Waals surface area contributed by atoms with E-state index in [9.17, 15) is 4.79 Å². The van der Waals surface area contributed by atoms with Crippen molar-refractivity contribution in [1.82, 2.24) is 4.98 Å². The van der Waals surface area contributed by atoms with E-state index in [0.29, 0.717) is 23.1 Å². The van der Waals surface area contributed by atoms with Crippen LogP contribution in [-0.2, 0) is 11.2 Å². The van der Waals surface area contributed by atoms with Crippen LogP contribution in [0.4, 0.5) is 0 Å². The number of hydrogen-bond acceptors (Lipinski definition) is 4. The highest BCUT2D eigenvalue weighted by atomic mass is 35.5. The first-order valence-corrected chi connectivity index (χ1v) is 9.99. The van der Waals surface area contributed by atoms with Gasteiger partial charge in [-0.05, 0) is 28.8 Å². The number of nitrogen functional groups attached to an aromatic ring is 2. The molecule has 34 heavy (non-hydrogen) atoms. The molecule has 4 rings (SSSR count). The van der Waals surface area contributed by atoms with E-state index in [4.69, 9.17) is 27.0 Å². The molecular weight excluding hydrogens is 473 g/mol. The van der Waals surface area contributed by atoms with Gasteiger partial charge >= 0.3 is 5.97 Å². The largest absolute Gasteiger partial charge is 0.465 e. The van der Waals surface area contributed by atoms with Gasteiger partial charge in [0.05, 0.1) is 18.4 Å². The van der Waals surface area contributed by atoms with Gasteiger partial charge < -0.3 is 21.2 Å². The third kappa shape index (κ3) is 5.06. The fourth-order valence-corrected chi connectivity index (χ4v) is 3.84. The number of aromatic amines is 1. The summed E-state index contributed by atoms with van der Waals surface area (Å²) in [6, 6.07) is 20.4. The van der Waals surface area contributed by atoms with E-state index in [0.717, 1.165) is 33.3 Å². The number of nitrogens with one attached hydrogen (secondary N) is 3. The predicted molar refractivity (Wildman–Crippen MR) is 141 cm³/mol. The molecule has 7 nitrogen and oxygen atoms in total. The molecule has 0 bridgehead atoms. The van der Waals surface area contributed by atoms with Crippen LogP contribution < -0.4 is 11.5 Å². The molecule has 0 unspecified atom stereocenters. The van der Waals surface area contributed by atoms with Crippen molar-refractivity contribution in [1.29, 1.82) is 10.8 Å². The minimum atomic E-state index is -0.383. The number of benzene rings is 3. The summed E-state index contributed by atoms with van der Waals surface area (Å²) >= 11 is 0. The highest BCUT2D eigenvalue weighted by Gasteiger charge is 2.18. The molecule has 0 saturated carbocycles. The van der Waals surface area contributed by atoms with Gasteiger partial charge in [-0.25, -0.2) is 4.79 Å². The second-order valence-electron chi connectivity index (χ2n) is 7.47. The van der Waals surface area contributed by atoms with E-state index in [1.54, 1.807) is 18.2 Å². The Hall–Kier alpha value is -3.81. The lowest BCUT2D eigenvalue weighted by molar-refractivity contribution is 0.0599. The van der Waals surface area contributed by atoms with Crippen molar-refractivity contribution in [2.24, 2.45) is 11.5 Å². The maximum atomic E-state index is 12.3. The second-order valence-corrected chi connectivity index (χ2v) is 7.47. The number of halogens is 2. The van der Waals surface area contributed by atoms with E-state index >= 15 is 0 Å². The van der Waals surface area contributed by atoms with Crippen molar-refractivity contribution >= 4 is 53.4 Å². The molecule has 0 aliphatic rings. The summed E-state index contributed by atoms with van der Waals surface area (Å²) in [7, 11) is 1.37. The SMILES string of the molecule is COC(=O)c1ccccc1Cc1c(-c2ccc(C(=N)N)cc2)[nH]c2cc(C(=N)N)ccc12.Cl.Cl. The Kier molecular flexibility index (Phi) is 8.46. The van der Waals surface area contributed by atoms with Crippen LogP contribution in [0.5, 0.6) is 0 Å². The number of ether oxygens (including phenoxy) is 1. The van der Waals surface area contributed by atoms with Crippen LogP contribution in [0.3, 0.4) is 0 Å². The number of esters is 1. The standard InChI is InChI=1S/C25H23N5O2.2ClH/c1-32-25(31)18-5-3-2-4-16(18)12-20-19-11-10-17(24(28)29)13-21(19)30-22(20)14-6-8-15(9-7-14)23(26)27;;/h2-11,13,30H,12H2,1H3,(H3,26,27)(H3,28,29);2*1H. The molecule has 4 aromatic rings. The molecule has 0 amide bonds. The lowest BCUT2D eigenvalue weighted by atomic mass is 9.95. The number of amidine groups is 2. The summed E-state index contributed by atoms with van der Waals surface area (Å²) in [4.78, 5) is 15.8. The van der Waals surface area contributed by atoms with Crippen LogP contribution in [0.15, 0.2) is 66.7 Å². The molecule has 3 aromatic carbocycles. The van der Waals surface area contributed by atoms with Crippen molar-refractivity contribution in [3.63, 3.8) is 0 Å². The molecule has 0 aliphatic heterocycles. The smallest absolute Gasteiger partial charge is 0.338 e. The number of nitrogens with two attached hydrogens (primary N) is 2. The Balaban J connectivity index is 0.00000204. The van der Waals surface area contributed by atoms with Gasteiger partial charge in [0.25, 0.3) is 0 Å². The molecule has 0 radical (unpaired) electrons. The number of hydrogen-bond donors (Lipinski definition) is 5. The lowest BCUT2D eigenvalue weighted by Gasteiger charge is -2.10. The zero-order valence-corrected chi connectivity index (χ0v) is 20.0. The highest BCUT2D eigenvalue weighted by Crippen LogP contribution is 2.33. The molecular formula is C25H25Cl2N5O2. The molecule has 9 heteroatoms. The molecule has 0 aliphatic carbocycles. The first-order chi connectivity index (χ1) is 15.4.